The molecule has 0 aliphatic rings. The average molecular weight is 254 g/mol. The minimum atomic E-state index is 1.27. The first-order valence-electron chi connectivity index (χ1n) is 6.89. The van der Waals surface area contributed by atoms with Crippen LogP contribution in [0, 0.1) is 0 Å². The van der Waals surface area contributed by atoms with E-state index in [-0.39, 0.29) is 0 Å². The van der Waals surface area contributed by atoms with Gasteiger partial charge in [-0.2, -0.15) is 0 Å². The molecule has 0 nitrogen and oxygen atoms in total. The van der Waals surface area contributed by atoms with Crippen LogP contribution in [0.5, 0.6) is 0 Å². The molecule has 0 saturated carbocycles. The minimum absolute atomic E-state index is 1.27. The lowest BCUT2D eigenvalue weighted by Crippen LogP contribution is -1.80. The summed E-state index contributed by atoms with van der Waals surface area (Å²) in [4.78, 5) is 0. The Morgan fingerprint density at radius 3 is 2.00 bits per heavy atom. The summed E-state index contributed by atoms with van der Waals surface area (Å²) in [5.74, 6) is 0. The molecule has 0 spiro atoms. The molecule has 0 aromatic heterocycles. The SMILES string of the molecule is c1ccc(-c2ccc3c(ccc4ccccc43)c2)cc1. The van der Waals surface area contributed by atoms with Crippen molar-refractivity contribution in [3.05, 3.63) is 84.9 Å². The van der Waals surface area contributed by atoms with Gasteiger partial charge in [-0.05, 0) is 38.7 Å². The van der Waals surface area contributed by atoms with Gasteiger partial charge in [0.1, 0.15) is 0 Å². The molecular weight excluding hydrogens is 240 g/mol. The van der Waals surface area contributed by atoms with Crippen molar-refractivity contribution >= 4 is 21.5 Å². The maximum absolute atomic E-state index is 2.27. The molecule has 0 aliphatic heterocycles. The van der Waals surface area contributed by atoms with E-state index >= 15 is 0 Å². The molecule has 0 heteroatoms. The van der Waals surface area contributed by atoms with Crippen LogP contribution < -0.4 is 0 Å². The smallest absolute Gasteiger partial charge is 0.0105 e. The molecule has 20 heavy (non-hydrogen) atoms. The summed E-state index contributed by atoms with van der Waals surface area (Å²) in [5.41, 5.74) is 2.54. The maximum Gasteiger partial charge on any atom is -0.0105 e. The molecular formula is C20H14. The number of hydrogen-bond acceptors (Lipinski definition) is 0. The summed E-state index contributed by atoms with van der Waals surface area (Å²) in [5, 5.41) is 5.24. The molecule has 4 aromatic carbocycles. The number of fused-ring (bicyclic) bond motifs is 3. The summed E-state index contributed by atoms with van der Waals surface area (Å²) >= 11 is 0. The van der Waals surface area contributed by atoms with Crippen LogP contribution >= 0.6 is 0 Å². The molecule has 0 amide bonds. The van der Waals surface area contributed by atoms with E-state index < -0.39 is 0 Å². The zero-order valence-corrected chi connectivity index (χ0v) is 11.1. The lowest BCUT2D eigenvalue weighted by molar-refractivity contribution is 1.65. The van der Waals surface area contributed by atoms with E-state index in [1.807, 2.05) is 0 Å². The number of hydrogen-bond donors (Lipinski definition) is 0. The van der Waals surface area contributed by atoms with Crippen LogP contribution in [0.3, 0.4) is 0 Å². The molecule has 0 bridgehead atoms. The molecule has 0 atom stereocenters. The lowest BCUT2D eigenvalue weighted by atomic mass is 9.97. The monoisotopic (exact) mass is 254 g/mol. The van der Waals surface area contributed by atoms with Crippen molar-refractivity contribution in [3.63, 3.8) is 0 Å². The molecule has 0 aliphatic carbocycles. The summed E-state index contributed by atoms with van der Waals surface area (Å²) in [7, 11) is 0. The Morgan fingerprint density at radius 2 is 1.10 bits per heavy atom. The van der Waals surface area contributed by atoms with Gasteiger partial charge in [0.15, 0.2) is 0 Å². The Balaban J connectivity index is 1.99. The van der Waals surface area contributed by atoms with Crippen LogP contribution in [0.15, 0.2) is 84.9 Å². The van der Waals surface area contributed by atoms with Gasteiger partial charge in [-0.15, -0.1) is 0 Å². The van der Waals surface area contributed by atoms with Crippen LogP contribution in [0.2, 0.25) is 0 Å². The highest BCUT2D eigenvalue weighted by molar-refractivity contribution is 6.08. The Hall–Kier alpha value is -2.60. The Bertz CT molecular complexity index is 889. The molecule has 0 radical (unpaired) electrons. The van der Waals surface area contributed by atoms with Gasteiger partial charge in [-0.3, -0.25) is 0 Å². The quantitative estimate of drug-likeness (QED) is 0.384. The first-order valence-corrected chi connectivity index (χ1v) is 6.89. The zero-order chi connectivity index (χ0) is 13.4. The van der Waals surface area contributed by atoms with Gasteiger partial charge in [0.2, 0.25) is 0 Å². The van der Waals surface area contributed by atoms with Gasteiger partial charge in [0.25, 0.3) is 0 Å². The van der Waals surface area contributed by atoms with Gasteiger partial charge in [-0.25, -0.2) is 0 Å². The van der Waals surface area contributed by atoms with Crippen LogP contribution in [0.1, 0.15) is 0 Å². The standard InChI is InChI=1S/C20H14/c1-2-6-15(7-3-1)17-12-13-20-18(14-17)11-10-16-8-4-5-9-19(16)20/h1-14H. The minimum Gasteiger partial charge on any atom is -0.0622 e. The van der Waals surface area contributed by atoms with E-state index in [9.17, 15) is 0 Å². The van der Waals surface area contributed by atoms with Gasteiger partial charge < -0.3 is 0 Å². The molecule has 4 aromatic rings. The van der Waals surface area contributed by atoms with Crippen LogP contribution in [-0.2, 0) is 0 Å². The normalized spacial score (nSPS) is 11.0. The van der Waals surface area contributed by atoms with Crippen molar-refractivity contribution in [1.29, 1.82) is 0 Å². The molecule has 4 rings (SSSR count). The Labute approximate surface area is 118 Å². The summed E-state index contributed by atoms with van der Waals surface area (Å²) in [6.45, 7) is 0. The fourth-order valence-corrected chi connectivity index (χ4v) is 2.82. The highest BCUT2D eigenvalue weighted by Gasteiger charge is 2.02. The predicted molar refractivity (Wildman–Crippen MR) is 86.9 cm³/mol. The van der Waals surface area contributed by atoms with E-state index in [0.29, 0.717) is 0 Å². The summed E-state index contributed by atoms with van der Waals surface area (Å²) in [6.07, 6.45) is 0. The molecule has 0 saturated heterocycles. The maximum atomic E-state index is 2.27. The van der Waals surface area contributed by atoms with E-state index in [1.165, 1.54) is 32.7 Å². The highest BCUT2D eigenvalue weighted by Crippen LogP contribution is 2.29. The van der Waals surface area contributed by atoms with Gasteiger partial charge in [0.05, 0.1) is 0 Å². The largest absolute Gasteiger partial charge is 0.0622 e. The predicted octanol–water partition coefficient (Wildman–Crippen LogP) is 5.66. The average Bonchev–Trinajstić information content (AvgIpc) is 2.55. The highest BCUT2D eigenvalue weighted by atomic mass is 14.1. The second-order valence-electron chi connectivity index (χ2n) is 5.09. The van der Waals surface area contributed by atoms with Crippen molar-refractivity contribution < 1.29 is 0 Å². The fraction of sp³-hybridized carbons (Fsp3) is 0. The lowest BCUT2D eigenvalue weighted by Gasteiger charge is -2.07. The fourth-order valence-electron chi connectivity index (χ4n) is 2.82. The Morgan fingerprint density at radius 1 is 0.400 bits per heavy atom. The molecule has 0 unspecified atom stereocenters. The van der Waals surface area contributed by atoms with Crippen molar-refractivity contribution in [2.75, 3.05) is 0 Å². The van der Waals surface area contributed by atoms with E-state index in [1.54, 1.807) is 0 Å². The van der Waals surface area contributed by atoms with Crippen molar-refractivity contribution in [2.45, 2.75) is 0 Å². The third-order valence-corrected chi connectivity index (χ3v) is 3.85. The van der Waals surface area contributed by atoms with Gasteiger partial charge >= 0.3 is 0 Å². The second-order valence-corrected chi connectivity index (χ2v) is 5.09. The van der Waals surface area contributed by atoms with E-state index in [0.717, 1.165) is 0 Å². The van der Waals surface area contributed by atoms with Crippen LogP contribution in [0.4, 0.5) is 0 Å². The molecule has 94 valence electrons. The van der Waals surface area contributed by atoms with E-state index in [4.69, 9.17) is 0 Å². The summed E-state index contributed by atoms with van der Waals surface area (Å²) in [6, 6.07) is 30.2. The third kappa shape index (κ3) is 1.78. The summed E-state index contributed by atoms with van der Waals surface area (Å²) < 4.78 is 0. The Kier molecular flexibility index (Phi) is 2.53. The van der Waals surface area contributed by atoms with Crippen molar-refractivity contribution in [3.8, 4) is 11.1 Å². The van der Waals surface area contributed by atoms with Crippen molar-refractivity contribution in [1.82, 2.24) is 0 Å². The third-order valence-electron chi connectivity index (χ3n) is 3.85. The van der Waals surface area contributed by atoms with Crippen LogP contribution in [-0.4, -0.2) is 0 Å². The first-order chi connectivity index (χ1) is 9.92. The second kappa shape index (κ2) is 4.50. The van der Waals surface area contributed by atoms with Crippen molar-refractivity contribution in [2.24, 2.45) is 0 Å². The first kappa shape index (κ1) is 11.2. The molecule has 0 heterocycles. The van der Waals surface area contributed by atoms with Crippen LogP contribution in [0.25, 0.3) is 32.7 Å². The number of benzene rings is 4. The topological polar surface area (TPSA) is 0 Å². The van der Waals surface area contributed by atoms with Gasteiger partial charge in [-0.1, -0.05) is 78.9 Å². The number of rotatable bonds is 1. The molecule has 0 fully saturated rings. The zero-order valence-electron chi connectivity index (χ0n) is 11.1. The van der Waals surface area contributed by atoms with Gasteiger partial charge in [0, 0.05) is 0 Å². The molecule has 0 N–H and O–H groups in total. The van der Waals surface area contributed by atoms with E-state index in [2.05, 4.69) is 84.9 Å².